The van der Waals surface area contributed by atoms with Gasteiger partial charge in [0.25, 0.3) is 5.91 Å². The van der Waals surface area contributed by atoms with Crippen LogP contribution in [0.3, 0.4) is 0 Å². The number of imidazole rings is 1. The van der Waals surface area contributed by atoms with E-state index in [1.807, 2.05) is 53.9 Å². The van der Waals surface area contributed by atoms with Crippen LogP contribution in [0.1, 0.15) is 38.2 Å². The Hall–Kier alpha value is -4.04. The van der Waals surface area contributed by atoms with Crippen LogP contribution in [0.25, 0.3) is 16.9 Å². The average molecular weight is 441 g/mol. The van der Waals surface area contributed by atoms with Crippen molar-refractivity contribution in [2.75, 3.05) is 19.7 Å². The number of amides is 2. The summed E-state index contributed by atoms with van der Waals surface area (Å²) in [4.78, 5) is 35.7. The first kappa shape index (κ1) is 20.8. The summed E-state index contributed by atoms with van der Waals surface area (Å²) in [6.45, 7) is 3.25. The third kappa shape index (κ3) is 4.08. The molecule has 0 bridgehead atoms. The minimum Gasteiger partial charge on any atom is -0.368 e. The van der Waals surface area contributed by atoms with Crippen LogP contribution < -0.4 is 5.73 Å². The average Bonchev–Trinajstić information content (AvgIpc) is 3.30. The van der Waals surface area contributed by atoms with Crippen molar-refractivity contribution in [3.05, 3.63) is 89.5 Å². The van der Waals surface area contributed by atoms with E-state index in [2.05, 4.69) is 4.98 Å². The highest BCUT2D eigenvalue weighted by Crippen LogP contribution is 2.25. The van der Waals surface area contributed by atoms with Gasteiger partial charge in [0, 0.05) is 30.1 Å². The van der Waals surface area contributed by atoms with E-state index in [9.17, 15) is 9.59 Å². The Morgan fingerprint density at radius 1 is 1.09 bits per heavy atom. The number of aromatic nitrogens is 3. The second kappa shape index (κ2) is 8.48. The molecule has 0 saturated carbocycles. The van der Waals surface area contributed by atoms with Gasteiger partial charge in [0.2, 0.25) is 5.91 Å². The Morgan fingerprint density at radius 2 is 1.94 bits per heavy atom. The third-order valence-corrected chi connectivity index (χ3v) is 5.79. The summed E-state index contributed by atoms with van der Waals surface area (Å²) >= 11 is 0. The molecule has 0 radical (unpaired) electrons. The molecule has 5 rings (SSSR count). The number of carbonyl (C=O) groups is 2. The van der Waals surface area contributed by atoms with Crippen molar-refractivity contribution in [2.45, 2.75) is 13.0 Å². The fourth-order valence-electron chi connectivity index (χ4n) is 4.05. The van der Waals surface area contributed by atoms with Gasteiger partial charge in [-0.2, -0.15) is 0 Å². The fraction of sp³-hybridized carbons (Fsp3) is 0.200. The molecule has 1 fully saturated rings. The highest BCUT2D eigenvalue weighted by molar-refractivity contribution is 5.94. The molecule has 8 heteroatoms. The molecule has 0 aliphatic carbocycles. The topological polar surface area (TPSA) is 103 Å². The minimum atomic E-state index is -0.486. The van der Waals surface area contributed by atoms with E-state index in [-0.39, 0.29) is 12.0 Å². The molecule has 8 nitrogen and oxygen atoms in total. The second-order valence-electron chi connectivity index (χ2n) is 8.05. The molecule has 2 N–H and O–H groups in total. The summed E-state index contributed by atoms with van der Waals surface area (Å²) in [6.07, 6.45) is 3.29. The molecule has 2 amide bonds. The number of aryl methyl sites for hydroxylation is 1. The molecule has 1 aromatic carbocycles. The Balaban J connectivity index is 1.38. The predicted molar refractivity (Wildman–Crippen MR) is 123 cm³/mol. The van der Waals surface area contributed by atoms with Crippen LogP contribution in [-0.2, 0) is 4.74 Å². The number of fused-ring (bicyclic) bond motifs is 1. The first-order valence-electron chi connectivity index (χ1n) is 10.7. The predicted octanol–water partition coefficient (Wildman–Crippen LogP) is 3.02. The van der Waals surface area contributed by atoms with Gasteiger partial charge in [-0.05, 0) is 42.8 Å². The Labute approximate surface area is 190 Å². The van der Waals surface area contributed by atoms with E-state index < -0.39 is 5.91 Å². The second-order valence-corrected chi connectivity index (χ2v) is 8.05. The number of ether oxygens (including phenoxy) is 1. The van der Waals surface area contributed by atoms with Crippen molar-refractivity contribution in [1.82, 2.24) is 19.3 Å². The minimum absolute atomic E-state index is 0.128. The van der Waals surface area contributed by atoms with E-state index >= 15 is 0 Å². The highest BCUT2D eigenvalue weighted by Gasteiger charge is 2.28. The molecule has 3 aromatic heterocycles. The maximum atomic E-state index is 13.2. The van der Waals surface area contributed by atoms with E-state index in [0.717, 1.165) is 22.5 Å². The van der Waals surface area contributed by atoms with Gasteiger partial charge in [-0.1, -0.05) is 24.3 Å². The number of hydrogen-bond donors (Lipinski definition) is 1. The number of nitrogens with zero attached hydrogens (tertiary/aromatic N) is 4. The van der Waals surface area contributed by atoms with Crippen LogP contribution >= 0.6 is 0 Å². The van der Waals surface area contributed by atoms with Crippen molar-refractivity contribution in [3.63, 3.8) is 0 Å². The summed E-state index contributed by atoms with van der Waals surface area (Å²) in [5.41, 5.74) is 10.3. The lowest BCUT2D eigenvalue weighted by molar-refractivity contribution is -0.0248. The number of benzene rings is 1. The van der Waals surface area contributed by atoms with Gasteiger partial charge in [0.05, 0.1) is 24.5 Å². The Morgan fingerprint density at radius 3 is 2.76 bits per heavy atom. The number of carbonyl (C=O) groups excluding carboxylic acids is 2. The molecule has 1 aliphatic rings. The quantitative estimate of drug-likeness (QED) is 0.524. The van der Waals surface area contributed by atoms with E-state index in [1.54, 1.807) is 29.3 Å². The zero-order chi connectivity index (χ0) is 22.9. The van der Waals surface area contributed by atoms with Gasteiger partial charge < -0.3 is 19.8 Å². The van der Waals surface area contributed by atoms with Gasteiger partial charge >= 0.3 is 0 Å². The standard InChI is InChI=1S/C25H23N5O3/c1-16-5-4-10-29-14-21(28-24(16)29)25(32)30-11-12-33-22(15-30)20-9-3-8-19(27-20)17-6-2-7-18(13-17)23(26)31/h2-10,13-14,22H,11-12,15H2,1H3,(H2,26,31). The van der Waals surface area contributed by atoms with E-state index in [0.29, 0.717) is 36.6 Å². The first-order valence-corrected chi connectivity index (χ1v) is 10.7. The van der Waals surface area contributed by atoms with E-state index in [4.69, 9.17) is 15.5 Å². The molecule has 1 atom stereocenters. The molecular weight excluding hydrogens is 418 g/mol. The van der Waals surface area contributed by atoms with Crippen LogP contribution in [0.5, 0.6) is 0 Å². The van der Waals surface area contributed by atoms with Gasteiger partial charge in [-0.15, -0.1) is 0 Å². The fourth-order valence-corrected chi connectivity index (χ4v) is 4.05. The number of rotatable bonds is 4. The number of pyridine rings is 2. The highest BCUT2D eigenvalue weighted by atomic mass is 16.5. The Bertz CT molecular complexity index is 1360. The maximum Gasteiger partial charge on any atom is 0.274 e. The third-order valence-electron chi connectivity index (χ3n) is 5.79. The number of nitrogens with two attached hydrogens (primary N) is 1. The summed E-state index contributed by atoms with van der Waals surface area (Å²) in [6, 6.07) is 16.6. The van der Waals surface area contributed by atoms with Crippen LogP contribution in [-0.4, -0.2) is 50.8 Å². The zero-order valence-electron chi connectivity index (χ0n) is 18.1. The van der Waals surface area contributed by atoms with Crippen molar-refractivity contribution >= 4 is 17.5 Å². The molecule has 0 spiro atoms. The summed E-state index contributed by atoms with van der Waals surface area (Å²) in [5, 5.41) is 0. The lowest BCUT2D eigenvalue weighted by Gasteiger charge is -2.32. The van der Waals surface area contributed by atoms with Crippen LogP contribution in [0, 0.1) is 6.92 Å². The lowest BCUT2D eigenvalue weighted by atomic mass is 10.1. The van der Waals surface area contributed by atoms with Crippen LogP contribution in [0.15, 0.2) is 67.0 Å². The van der Waals surface area contributed by atoms with Crippen LogP contribution in [0.4, 0.5) is 0 Å². The first-order chi connectivity index (χ1) is 16.0. The van der Waals surface area contributed by atoms with Crippen molar-refractivity contribution in [2.24, 2.45) is 5.73 Å². The van der Waals surface area contributed by atoms with Gasteiger partial charge in [0.15, 0.2) is 0 Å². The largest absolute Gasteiger partial charge is 0.368 e. The zero-order valence-corrected chi connectivity index (χ0v) is 18.1. The van der Waals surface area contributed by atoms with Gasteiger partial charge in [-0.3, -0.25) is 9.59 Å². The molecule has 4 aromatic rings. The normalized spacial score (nSPS) is 16.2. The molecule has 1 unspecified atom stereocenters. The van der Waals surface area contributed by atoms with Crippen molar-refractivity contribution in [1.29, 1.82) is 0 Å². The Kier molecular flexibility index (Phi) is 5.35. The molecule has 1 saturated heterocycles. The molecule has 4 heterocycles. The molecular formula is C25H23N5O3. The van der Waals surface area contributed by atoms with Crippen molar-refractivity contribution in [3.8, 4) is 11.3 Å². The SMILES string of the molecule is Cc1cccn2cc(C(=O)N3CCOC(c4cccc(-c5cccc(C(N)=O)c5)n4)C3)nc12. The maximum absolute atomic E-state index is 13.2. The summed E-state index contributed by atoms with van der Waals surface area (Å²) in [7, 11) is 0. The molecule has 33 heavy (non-hydrogen) atoms. The lowest BCUT2D eigenvalue weighted by Crippen LogP contribution is -2.42. The smallest absolute Gasteiger partial charge is 0.274 e. The van der Waals surface area contributed by atoms with Crippen LogP contribution in [0.2, 0.25) is 0 Å². The number of primary amides is 1. The van der Waals surface area contributed by atoms with Gasteiger partial charge in [-0.25, -0.2) is 9.97 Å². The molecule has 1 aliphatic heterocycles. The van der Waals surface area contributed by atoms with Gasteiger partial charge in [0.1, 0.15) is 17.4 Å². The summed E-state index contributed by atoms with van der Waals surface area (Å²) in [5.74, 6) is -0.614. The summed E-state index contributed by atoms with van der Waals surface area (Å²) < 4.78 is 7.82. The number of hydrogen-bond acceptors (Lipinski definition) is 5. The van der Waals surface area contributed by atoms with E-state index in [1.165, 1.54) is 0 Å². The molecule has 166 valence electrons. The number of morpholine rings is 1. The van der Waals surface area contributed by atoms with Crippen molar-refractivity contribution < 1.29 is 14.3 Å². The monoisotopic (exact) mass is 441 g/mol.